The van der Waals surface area contributed by atoms with Crippen LogP contribution >= 0.6 is 0 Å². The van der Waals surface area contributed by atoms with Crippen molar-refractivity contribution in [3.05, 3.63) is 68.8 Å². The first kappa shape index (κ1) is 23.1. The van der Waals surface area contributed by atoms with E-state index in [1.165, 1.54) is 12.1 Å². The van der Waals surface area contributed by atoms with Crippen LogP contribution in [0.2, 0.25) is 0 Å². The molecule has 0 unspecified atom stereocenters. The molecule has 0 aliphatic carbocycles. The van der Waals surface area contributed by atoms with E-state index in [2.05, 4.69) is 5.32 Å². The highest BCUT2D eigenvalue weighted by Crippen LogP contribution is 2.39. The zero-order chi connectivity index (χ0) is 23.7. The first-order valence-corrected chi connectivity index (χ1v) is 10.4. The van der Waals surface area contributed by atoms with Crippen LogP contribution in [0.1, 0.15) is 53.2 Å². The second-order valence-electron chi connectivity index (χ2n) is 8.21. The van der Waals surface area contributed by atoms with Crippen LogP contribution in [0.3, 0.4) is 0 Å². The summed E-state index contributed by atoms with van der Waals surface area (Å²) < 4.78 is 11.9. The second-order valence-corrected chi connectivity index (χ2v) is 8.21. The monoisotopic (exact) mass is 441 g/mol. The molecular formula is C23H27N3O6. The molecule has 2 heterocycles. The molecule has 0 saturated carbocycles. The average molecular weight is 441 g/mol. The number of para-hydroxylation sites is 2. The van der Waals surface area contributed by atoms with Crippen LogP contribution in [-0.4, -0.2) is 28.9 Å². The molecule has 9 heteroatoms. The third-order valence-electron chi connectivity index (χ3n) is 5.00. The number of benzene rings is 1. The van der Waals surface area contributed by atoms with Crippen LogP contribution in [0.4, 0.5) is 0 Å². The standard InChI is InChI=1S/C23H27N3O6/c1-12(2)31-22(27)19-14(5)24-15(6)20(23(28)32-13(3)4)21(19)18-11-25(29)16-9-7-8-10-17(16)26(18)30/h7-13,21,24H,1-6H3. The molecule has 2 aromatic rings. The Morgan fingerprint density at radius 2 is 1.50 bits per heavy atom. The number of carbonyl (C=O) groups is 2. The van der Waals surface area contributed by atoms with E-state index in [9.17, 15) is 19.7 Å². The van der Waals surface area contributed by atoms with Gasteiger partial charge >= 0.3 is 11.9 Å². The number of aromatic nitrogens is 2. The minimum atomic E-state index is -1.16. The number of carbonyl (C=O) groups excluding carboxylic acids is 2. The maximum Gasteiger partial charge on any atom is 0.337 e. The number of nitrogens with zero attached hydrogens (tertiary/aromatic N) is 2. The fourth-order valence-corrected chi connectivity index (χ4v) is 3.78. The summed E-state index contributed by atoms with van der Waals surface area (Å²) in [5, 5.41) is 16.4. The van der Waals surface area contributed by atoms with Crippen molar-refractivity contribution >= 4 is 23.0 Å². The normalized spacial score (nSPS) is 14.9. The average Bonchev–Trinajstić information content (AvgIpc) is 2.68. The Morgan fingerprint density at radius 1 is 1.00 bits per heavy atom. The van der Waals surface area contributed by atoms with Gasteiger partial charge in [0.25, 0.3) is 5.52 Å². The van der Waals surface area contributed by atoms with Crippen molar-refractivity contribution in [2.24, 2.45) is 0 Å². The minimum Gasteiger partial charge on any atom is -0.805 e. The van der Waals surface area contributed by atoms with Gasteiger partial charge in [0.05, 0.1) is 39.4 Å². The third kappa shape index (κ3) is 4.23. The van der Waals surface area contributed by atoms with Crippen molar-refractivity contribution in [1.29, 1.82) is 0 Å². The molecule has 1 aliphatic rings. The van der Waals surface area contributed by atoms with Crippen molar-refractivity contribution in [3.63, 3.8) is 0 Å². The molecule has 9 nitrogen and oxygen atoms in total. The van der Waals surface area contributed by atoms with Crippen LogP contribution in [0.5, 0.6) is 0 Å². The van der Waals surface area contributed by atoms with Gasteiger partial charge in [0.1, 0.15) is 5.52 Å². The Hall–Kier alpha value is -3.62. The van der Waals surface area contributed by atoms with Gasteiger partial charge in [-0.05, 0) is 47.6 Å². The molecule has 0 radical (unpaired) electrons. The first-order chi connectivity index (χ1) is 15.0. The SMILES string of the molecule is CC1=C(C(=O)OC(C)C)C(c2c[n+](=O)c3ccccc3n2[O-])C(C(=O)OC(C)C)=C(C)N1. The summed E-state index contributed by atoms with van der Waals surface area (Å²) in [7, 11) is 0. The van der Waals surface area contributed by atoms with Gasteiger partial charge in [0.2, 0.25) is 6.20 Å². The number of esters is 2. The highest BCUT2D eigenvalue weighted by molar-refractivity contribution is 6.00. The summed E-state index contributed by atoms with van der Waals surface area (Å²) in [6.45, 7) is 10.1. The van der Waals surface area contributed by atoms with Crippen LogP contribution in [-0.2, 0) is 19.1 Å². The first-order valence-electron chi connectivity index (χ1n) is 10.4. The highest BCUT2D eigenvalue weighted by Gasteiger charge is 2.41. The predicted octanol–water partition coefficient (Wildman–Crippen LogP) is 3.04. The molecule has 1 N–H and O–H groups in total. The number of allylic oxidation sites excluding steroid dienone is 2. The Morgan fingerprint density at radius 3 is 2.00 bits per heavy atom. The number of fused-ring (bicyclic) bond motifs is 1. The Bertz CT molecular complexity index is 1160. The number of hydrogen-bond acceptors (Lipinski definition) is 7. The molecule has 1 aromatic heterocycles. The molecule has 0 atom stereocenters. The zero-order valence-electron chi connectivity index (χ0n) is 19.0. The van der Waals surface area contributed by atoms with Crippen molar-refractivity contribution in [1.82, 2.24) is 10.0 Å². The molecule has 0 fully saturated rings. The van der Waals surface area contributed by atoms with Gasteiger partial charge < -0.3 is 24.7 Å². The number of dihydropyridines is 1. The van der Waals surface area contributed by atoms with Crippen LogP contribution < -0.4 is 9.74 Å². The van der Waals surface area contributed by atoms with Crippen LogP contribution in [0.25, 0.3) is 11.0 Å². The van der Waals surface area contributed by atoms with E-state index in [-0.39, 0.29) is 27.9 Å². The fourth-order valence-electron chi connectivity index (χ4n) is 3.78. The topological polar surface area (TPSA) is 116 Å². The maximum absolute atomic E-state index is 13.4. The lowest BCUT2D eigenvalue weighted by atomic mass is 9.83. The van der Waals surface area contributed by atoms with Crippen LogP contribution in [0, 0.1) is 10.1 Å². The molecule has 170 valence electrons. The molecule has 1 aliphatic heterocycles. The summed E-state index contributed by atoms with van der Waals surface area (Å²) in [5.74, 6) is -2.54. The number of nitrogens with one attached hydrogen (secondary N) is 1. The highest BCUT2D eigenvalue weighted by atomic mass is 16.5. The van der Waals surface area contributed by atoms with Crippen molar-refractivity contribution in [3.8, 4) is 0 Å². The molecular weight excluding hydrogens is 414 g/mol. The lowest BCUT2D eigenvalue weighted by molar-refractivity contribution is -0.465. The summed E-state index contributed by atoms with van der Waals surface area (Å²) in [6, 6.07) is 6.30. The molecule has 3 rings (SSSR count). The maximum atomic E-state index is 13.4. The quantitative estimate of drug-likeness (QED) is 0.560. The molecule has 0 amide bonds. The third-order valence-corrected chi connectivity index (χ3v) is 5.00. The molecule has 0 spiro atoms. The molecule has 0 bridgehead atoms. The zero-order valence-corrected chi connectivity index (χ0v) is 19.0. The van der Waals surface area contributed by atoms with E-state index in [4.69, 9.17) is 9.47 Å². The van der Waals surface area contributed by atoms with E-state index >= 15 is 0 Å². The largest absolute Gasteiger partial charge is 0.805 e. The van der Waals surface area contributed by atoms with E-state index in [1.807, 2.05) is 0 Å². The van der Waals surface area contributed by atoms with Gasteiger partial charge in [-0.3, -0.25) is 0 Å². The Balaban J connectivity index is 2.32. The minimum absolute atomic E-state index is 0.0693. The number of rotatable bonds is 5. The van der Waals surface area contributed by atoms with Gasteiger partial charge in [-0.2, -0.15) is 0 Å². The van der Waals surface area contributed by atoms with Gasteiger partial charge in [0, 0.05) is 22.4 Å². The van der Waals surface area contributed by atoms with E-state index in [0.717, 1.165) is 6.20 Å². The number of ether oxygens (including phenoxy) is 2. The van der Waals surface area contributed by atoms with Crippen molar-refractivity contribution in [2.45, 2.75) is 59.7 Å². The smallest absolute Gasteiger partial charge is 0.337 e. The second kappa shape index (κ2) is 8.86. The molecule has 1 aromatic carbocycles. The number of hydrogen-bond donors (Lipinski definition) is 1. The lowest BCUT2D eigenvalue weighted by Gasteiger charge is -2.32. The van der Waals surface area contributed by atoms with Gasteiger partial charge in [-0.15, -0.1) is 0 Å². The van der Waals surface area contributed by atoms with Crippen molar-refractivity contribution in [2.75, 3.05) is 0 Å². The Labute approximate surface area is 185 Å². The summed E-state index contributed by atoms with van der Waals surface area (Å²) in [6.07, 6.45) is 0.237. The van der Waals surface area contributed by atoms with E-state index in [1.54, 1.807) is 53.7 Å². The Kier molecular flexibility index (Phi) is 6.38. The summed E-state index contributed by atoms with van der Waals surface area (Å²) >= 11 is 0. The molecule has 0 saturated heterocycles. The summed E-state index contributed by atoms with van der Waals surface area (Å²) in [5.41, 5.74) is 1.18. The van der Waals surface area contributed by atoms with Gasteiger partial charge in [-0.1, -0.05) is 12.1 Å². The van der Waals surface area contributed by atoms with Crippen LogP contribution in [0.15, 0.2) is 53.0 Å². The van der Waals surface area contributed by atoms with Gasteiger partial charge in [0.15, 0.2) is 0 Å². The van der Waals surface area contributed by atoms with E-state index in [0.29, 0.717) is 20.6 Å². The molecule has 32 heavy (non-hydrogen) atoms. The van der Waals surface area contributed by atoms with Gasteiger partial charge in [-0.25, -0.2) is 9.59 Å². The van der Waals surface area contributed by atoms with Crippen molar-refractivity contribution < 1.29 is 23.5 Å². The predicted molar refractivity (Wildman–Crippen MR) is 118 cm³/mol. The fraction of sp³-hybridized carbons (Fsp3) is 0.391. The lowest BCUT2D eigenvalue weighted by Crippen LogP contribution is -2.35. The van der Waals surface area contributed by atoms with E-state index < -0.39 is 30.1 Å². The summed E-state index contributed by atoms with van der Waals surface area (Å²) in [4.78, 5) is 38.9.